The van der Waals surface area contributed by atoms with Crippen molar-refractivity contribution < 1.29 is 128 Å². The van der Waals surface area contributed by atoms with Gasteiger partial charge in [0.25, 0.3) is 0 Å². The Morgan fingerprint density at radius 2 is 0.752 bits per heavy atom. The number of unbranched alkanes of at least 4 members (excludes halogenated alkanes) is 1. The number of ether oxygens (including phenoxy) is 8. The molecule has 12 aliphatic carbocycles. The summed E-state index contributed by atoms with van der Waals surface area (Å²) in [5, 5.41) is 108. The van der Waals surface area contributed by atoms with E-state index < -0.39 is 91.2 Å². The van der Waals surface area contributed by atoms with Crippen LogP contribution in [0, 0.1) is 73.4 Å². The topological polar surface area (TPSA) is 416 Å². The molecule has 26 nitrogen and oxygen atoms in total. The minimum absolute atomic E-state index is 0.0561. The third-order valence-electron chi connectivity index (χ3n) is 26.7. The molecule has 658 valence electrons. The van der Waals surface area contributed by atoms with Gasteiger partial charge < -0.3 is 94.1 Å². The zero-order valence-electron chi connectivity index (χ0n) is 73.2. The van der Waals surface area contributed by atoms with Crippen LogP contribution >= 0.6 is 0 Å². The summed E-state index contributed by atoms with van der Waals surface area (Å²) in [6, 6.07) is 0. The molecule has 0 spiro atoms. The highest BCUT2D eigenvalue weighted by molar-refractivity contribution is 5.78. The summed E-state index contributed by atoms with van der Waals surface area (Å²) in [7, 11) is 0. The van der Waals surface area contributed by atoms with Gasteiger partial charge >= 0.3 is 41.8 Å². The first kappa shape index (κ1) is 101. The Labute approximate surface area is 675 Å². The monoisotopic (exact) mass is 1620 g/mol. The van der Waals surface area contributed by atoms with E-state index >= 15 is 0 Å². The Kier molecular flexibility index (Phi) is 36.4. The number of aliphatic hydroxyl groups excluding tert-OH is 5. The number of aliphatic hydroxyl groups is 11. The number of hydrogen-bond donors (Lipinski definition) is 11. The molecule has 26 heteroatoms. The average Bonchev–Trinajstić information content (AvgIpc) is 0.936. The standard InChI is InChI=1S/C16H26O5.C16H26O4.C16H26O3.C10H18O4.2C10H20O3.C9H18O4/c1-4-13(2,3)12(17)21-11-10-5-14(18)7-15(19,6-10)9-16(11,20)8-14;1-4-14(2,3)13(17)20-12-10-5-15(18)7-11(12)8-16(19,6-10)9-15;1-4-15(2,3)14(17)19-13-11-5-10-6-12(13)9-16(18,7-10)8-11;1-4-10(2,3)9(12)14-8-6-13-5-7(8)11;1-5-10(3,4)9(12)13-7-6-8(2)11;1-4-10(2,3)9(12)13-8-6-5-7-11;1-4-9(2,3)8(12)13-6-7(11)5-10/h10-11,18-20H,4-9H2,1-3H3;10-12,18-19H,4-9H2,1-3H3;10-13,18H,4-9H2,1-3H3;7-8,11H,4-6H2,1-3H3;8,11H,5-7H2,1-4H3;11H,4-8H2,1-3H3;7,10-11H,4-6H2,1-3H3. The van der Waals surface area contributed by atoms with Crippen LogP contribution in [-0.2, 0) is 71.5 Å². The van der Waals surface area contributed by atoms with Crippen molar-refractivity contribution in [3.05, 3.63) is 0 Å². The molecule has 12 bridgehead atoms. The fourth-order valence-electron chi connectivity index (χ4n) is 17.0. The van der Waals surface area contributed by atoms with E-state index in [1.807, 2.05) is 132 Å². The van der Waals surface area contributed by atoms with E-state index in [0.717, 1.165) is 70.6 Å². The van der Waals surface area contributed by atoms with Crippen molar-refractivity contribution in [2.24, 2.45) is 73.4 Å². The number of hydrogen-bond acceptors (Lipinski definition) is 26. The molecule has 0 amide bonds. The van der Waals surface area contributed by atoms with Gasteiger partial charge in [0.15, 0.2) is 6.10 Å². The molecular weight excluding hydrogens is 1460 g/mol. The fraction of sp³-hybridized carbons (Fsp3) is 0.920. The van der Waals surface area contributed by atoms with Crippen molar-refractivity contribution in [3.63, 3.8) is 0 Å². The maximum Gasteiger partial charge on any atom is 0.311 e. The quantitative estimate of drug-likeness (QED) is 0.0197. The largest absolute Gasteiger partial charge is 0.465 e. The minimum Gasteiger partial charge on any atom is -0.465 e. The Hall–Kier alpha value is -4.19. The van der Waals surface area contributed by atoms with Crippen LogP contribution in [0.3, 0.4) is 0 Å². The molecule has 13 fully saturated rings. The molecule has 9 unspecified atom stereocenters. The van der Waals surface area contributed by atoms with Crippen LogP contribution in [-0.4, -0.2) is 221 Å². The maximum atomic E-state index is 12.3. The molecule has 1 saturated heterocycles. The van der Waals surface area contributed by atoms with E-state index in [9.17, 15) is 69.3 Å². The van der Waals surface area contributed by atoms with Crippen LogP contribution in [0.15, 0.2) is 0 Å². The molecule has 13 aliphatic rings. The number of carbonyl (C=O) groups excluding carboxylic acids is 7. The van der Waals surface area contributed by atoms with Gasteiger partial charge in [-0.15, -0.1) is 0 Å². The Morgan fingerprint density at radius 1 is 0.407 bits per heavy atom. The van der Waals surface area contributed by atoms with Crippen molar-refractivity contribution in [3.8, 4) is 0 Å². The Morgan fingerprint density at radius 3 is 1.11 bits per heavy atom. The van der Waals surface area contributed by atoms with Crippen LogP contribution in [0.2, 0.25) is 0 Å². The Balaban J connectivity index is 0.000000281. The fourth-order valence-corrected chi connectivity index (χ4v) is 17.0. The summed E-state index contributed by atoms with van der Waals surface area (Å²) >= 11 is 0. The van der Waals surface area contributed by atoms with Crippen molar-refractivity contribution >= 4 is 41.8 Å². The van der Waals surface area contributed by atoms with Crippen LogP contribution in [0.4, 0.5) is 0 Å². The molecule has 0 aromatic carbocycles. The lowest BCUT2D eigenvalue weighted by atomic mass is 9.49. The lowest BCUT2D eigenvalue weighted by Crippen LogP contribution is -2.72. The third-order valence-corrected chi connectivity index (χ3v) is 26.7. The molecule has 0 aromatic heterocycles. The normalized spacial score (nSPS) is 32.7. The predicted molar refractivity (Wildman–Crippen MR) is 423 cm³/mol. The van der Waals surface area contributed by atoms with Crippen LogP contribution in [0.1, 0.15) is 313 Å². The molecule has 0 aromatic rings. The molecule has 9 atom stereocenters. The molecule has 1 heterocycles. The van der Waals surface area contributed by atoms with Crippen molar-refractivity contribution in [2.45, 2.75) is 389 Å². The summed E-state index contributed by atoms with van der Waals surface area (Å²) in [4.78, 5) is 82.6. The van der Waals surface area contributed by atoms with Gasteiger partial charge in [-0.2, -0.15) is 0 Å². The highest BCUT2D eigenvalue weighted by atomic mass is 16.6. The number of carbonyl (C=O) groups is 7. The van der Waals surface area contributed by atoms with Crippen molar-refractivity contribution in [1.29, 1.82) is 0 Å². The molecule has 11 N–H and O–H groups in total. The molecule has 12 saturated carbocycles. The van der Waals surface area contributed by atoms with Crippen LogP contribution < -0.4 is 0 Å². The maximum absolute atomic E-state index is 12.3. The van der Waals surface area contributed by atoms with E-state index in [-0.39, 0.29) is 122 Å². The van der Waals surface area contributed by atoms with Crippen LogP contribution in [0.5, 0.6) is 0 Å². The highest BCUT2D eigenvalue weighted by Crippen LogP contribution is 2.62. The minimum atomic E-state index is -1.30. The van der Waals surface area contributed by atoms with Gasteiger partial charge in [0.2, 0.25) is 0 Å². The first-order valence-electron chi connectivity index (χ1n) is 42.4. The Bertz CT molecular complexity index is 2990. The van der Waals surface area contributed by atoms with E-state index in [2.05, 4.69) is 0 Å². The van der Waals surface area contributed by atoms with Gasteiger partial charge in [-0.1, -0.05) is 48.5 Å². The van der Waals surface area contributed by atoms with E-state index in [4.69, 9.17) is 58.3 Å². The van der Waals surface area contributed by atoms with Gasteiger partial charge in [0.05, 0.1) is 105 Å². The lowest BCUT2D eigenvalue weighted by Gasteiger charge is -2.63. The molecule has 113 heavy (non-hydrogen) atoms. The average molecular weight is 1620 g/mol. The highest BCUT2D eigenvalue weighted by Gasteiger charge is 2.69. The van der Waals surface area contributed by atoms with E-state index in [0.29, 0.717) is 115 Å². The van der Waals surface area contributed by atoms with Gasteiger partial charge in [-0.05, 0) is 250 Å². The second-order valence-corrected chi connectivity index (χ2v) is 40.0. The van der Waals surface area contributed by atoms with Gasteiger partial charge in [-0.3, -0.25) is 33.6 Å². The van der Waals surface area contributed by atoms with E-state index in [1.165, 1.54) is 0 Å². The summed E-state index contributed by atoms with van der Waals surface area (Å²) in [6.07, 6.45) is 13.6. The first-order valence-corrected chi connectivity index (χ1v) is 42.4. The zero-order valence-corrected chi connectivity index (χ0v) is 73.2. The molecule has 1 aliphatic heterocycles. The SMILES string of the molecule is CCC(C)(C)C(=O)OC1C2CC3(O)CC(O)(C2)CC1(O)C3.CCC(C)(C)C(=O)OC1C2CC3(O)CC1CC(O)(C2)C3.CCC(C)(C)C(=O)OC1C2CC3CC1CC(O)(C3)C2.CCC(C)(C)C(=O)OC1COCC1O.CCC(C)(C)C(=O)OCC(O)CO.CCC(C)(C)C(=O)OCCC(C)O.CCC(C)(C)C(=O)OCCCCO. The second kappa shape index (κ2) is 40.7. The van der Waals surface area contributed by atoms with Crippen molar-refractivity contribution in [1.82, 2.24) is 0 Å². The van der Waals surface area contributed by atoms with Gasteiger partial charge in [0, 0.05) is 56.5 Å². The smallest absolute Gasteiger partial charge is 0.311 e. The predicted octanol–water partition coefficient (Wildman–Crippen LogP) is 10.6. The first-order chi connectivity index (χ1) is 51.8. The van der Waals surface area contributed by atoms with Crippen LogP contribution in [0.25, 0.3) is 0 Å². The lowest BCUT2D eigenvalue weighted by molar-refractivity contribution is -0.298. The number of rotatable bonds is 28. The second-order valence-electron chi connectivity index (χ2n) is 40.0. The summed E-state index contributed by atoms with van der Waals surface area (Å²) in [6.45, 7) is 42.4. The summed E-state index contributed by atoms with van der Waals surface area (Å²) in [5.41, 5.74) is -8.46. The van der Waals surface area contributed by atoms with Gasteiger partial charge in [-0.25, -0.2) is 0 Å². The summed E-state index contributed by atoms with van der Waals surface area (Å²) < 4.78 is 42.4. The number of esters is 7. The van der Waals surface area contributed by atoms with Gasteiger partial charge in [0.1, 0.15) is 42.7 Å². The van der Waals surface area contributed by atoms with Crippen molar-refractivity contribution in [2.75, 3.05) is 46.2 Å². The zero-order chi connectivity index (χ0) is 86.3. The molecular formula is C87H154O26. The summed E-state index contributed by atoms with van der Waals surface area (Å²) in [5.74, 6) is 0.0624. The molecule has 13 rings (SSSR count). The van der Waals surface area contributed by atoms with E-state index in [1.54, 1.807) is 20.8 Å². The molecule has 0 radical (unpaired) electrons. The third kappa shape index (κ3) is 28.2.